The summed E-state index contributed by atoms with van der Waals surface area (Å²) in [4.78, 5) is 17.2. The van der Waals surface area contributed by atoms with Crippen LogP contribution in [0.2, 0.25) is 0 Å². The summed E-state index contributed by atoms with van der Waals surface area (Å²) >= 11 is 1.51. The highest BCUT2D eigenvalue weighted by atomic mass is 32.2. The first-order chi connectivity index (χ1) is 13.2. The minimum atomic E-state index is -0.0178. The number of nitrogens with one attached hydrogen (secondary N) is 1. The maximum atomic E-state index is 12.2. The summed E-state index contributed by atoms with van der Waals surface area (Å²) in [7, 11) is 0. The standard InChI is InChI=1S/C22H22N2O2S/c1-2-26-20-7-9-21(10-8-20)27-16-22(25)24-19-5-3-17(4-6-19)15-18-11-13-23-14-12-18/h3-14H,2,15-16H2,1H3,(H,24,25). The van der Waals surface area contributed by atoms with Gasteiger partial charge in [0.2, 0.25) is 5.91 Å². The average molecular weight is 378 g/mol. The molecule has 138 valence electrons. The minimum absolute atomic E-state index is 0.0178. The topological polar surface area (TPSA) is 51.2 Å². The molecule has 1 amide bonds. The molecule has 0 spiro atoms. The Kier molecular flexibility index (Phi) is 6.88. The van der Waals surface area contributed by atoms with Gasteiger partial charge in [0.05, 0.1) is 12.4 Å². The third kappa shape index (κ3) is 6.15. The highest BCUT2D eigenvalue weighted by Crippen LogP contribution is 2.22. The Morgan fingerprint density at radius 1 is 0.963 bits per heavy atom. The molecule has 1 N–H and O–H groups in total. The molecule has 0 unspecified atom stereocenters. The van der Waals surface area contributed by atoms with Crippen molar-refractivity contribution in [2.24, 2.45) is 0 Å². The SMILES string of the molecule is CCOc1ccc(SCC(=O)Nc2ccc(Cc3ccncc3)cc2)cc1. The van der Waals surface area contributed by atoms with Crippen molar-refractivity contribution in [2.75, 3.05) is 17.7 Å². The van der Waals surface area contributed by atoms with E-state index >= 15 is 0 Å². The number of pyridine rings is 1. The number of thioether (sulfide) groups is 1. The van der Waals surface area contributed by atoms with Crippen molar-refractivity contribution in [2.45, 2.75) is 18.2 Å². The third-order valence-electron chi connectivity index (χ3n) is 3.90. The quantitative estimate of drug-likeness (QED) is 0.572. The zero-order chi connectivity index (χ0) is 18.9. The molecule has 1 aromatic heterocycles. The van der Waals surface area contributed by atoms with Gasteiger partial charge in [-0.2, -0.15) is 0 Å². The van der Waals surface area contributed by atoms with E-state index in [4.69, 9.17) is 4.74 Å². The number of aromatic nitrogens is 1. The van der Waals surface area contributed by atoms with E-state index in [0.717, 1.165) is 22.8 Å². The molecule has 4 nitrogen and oxygen atoms in total. The van der Waals surface area contributed by atoms with E-state index in [-0.39, 0.29) is 5.91 Å². The van der Waals surface area contributed by atoms with Gasteiger partial charge in [0, 0.05) is 23.0 Å². The molecule has 3 aromatic rings. The van der Waals surface area contributed by atoms with Crippen LogP contribution in [0.3, 0.4) is 0 Å². The fraction of sp³-hybridized carbons (Fsp3) is 0.182. The Morgan fingerprint density at radius 2 is 1.63 bits per heavy atom. The van der Waals surface area contributed by atoms with Crippen LogP contribution in [-0.2, 0) is 11.2 Å². The highest BCUT2D eigenvalue weighted by molar-refractivity contribution is 8.00. The summed E-state index contributed by atoms with van der Waals surface area (Å²) in [6, 6.07) is 19.8. The molecular weight excluding hydrogens is 356 g/mol. The summed E-state index contributed by atoms with van der Waals surface area (Å²) in [5, 5.41) is 2.94. The summed E-state index contributed by atoms with van der Waals surface area (Å²) < 4.78 is 5.42. The molecule has 2 aromatic carbocycles. The summed E-state index contributed by atoms with van der Waals surface area (Å²) in [6.07, 6.45) is 4.45. The van der Waals surface area contributed by atoms with Crippen LogP contribution >= 0.6 is 11.8 Å². The Hall–Kier alpha value is -2.79. The van der Waals surface area contributed by atoms with Gasteiger partial charge in [-0.25, -0.2) is 0 Å². The Balaban J connectivity index is 1.47. The van der Waals surface area contributed by atoms with Gasteiger partial charge in [-0.15, -0.1) is 11.8 Å². The van der Waals surface area contributed by atoms with Crippen LogP contribution < -0.4 is 10.1 Å². The number of rotatable bonds is 8. The van der Waals surface area contributed by atoms with E-state index in [1.165, 1.54) is 22.9 Å². The van der Waals surface area contributed by atoms with Crippen LogP contribution in [0.15, 0.2) is 78.0 Å². The zero-order valence-electron chi connectivity index (χ0n) is 15.2. The number of amides is 1. The lowest BCUT2D eigenvalue weighted by Crippen LogP contribution is -2.13. The highest BCUT2D eigenvalue weighted by Gasteiger charge is 2.05. The number of hydrogen-bond acceptors (Lipinski definition) is 4. The largest absolute Gasteiger partial charge is 0.494 e. The van der Waals surface area contributed by atoms with Crippen LogP contribution in [-0.4, -0.2) is 23.3 Å². The molecule has 0 atom stereocenters. The van der Waals surface area contributed by atoms with Crippen molar-refractivity contribution in [1.82, 2.24) is 4.98 Å². The van der Waals surface area contributed by atoms with E-state index in [1.807, 2.05) is 67.6 Å². The molecule has 0 fully saturated rings. The van der Waals surface area contributed by atoms with Crippen molar-refractivity contribution in [3.05, 3.63) is 84.2 Å². The maximum absolute atomic E-state index is 12.2. The van der Waals surface area contributed by atoms with Crippen molar-refractivity contribution >= 4 is 23.4 Å². The zero-order valence-corrected chi connectivity index (χ0v) is 16.0. The lowest BCUT2D eigenvalue weighted by Gasteiger charge is -2.08. The molecule has 0 saturated heterocycles. The molecule has 0 aliphatic heterocycles. The molecule has 3 rings (SSSR count). The number of carbonyl (C=O) groups is 1. The van der Waals surface area contributed by atoms with Gasteiger partial charge in [-0.05, 0) is 73.0 Å². The molecule has 1 heterocycles. The molecule has 0 aliphatic rings. The van der Waals surface area contributed by atoms with Gasteiger partial charge in [-0.1, -0.05) is 12.1 Å². The first-order valence-corrected chi connectivity index (χ1v) is 9.85. The summed E-state index contributed by atoms with van der Waals surface area (Å²) in [6.45, 7) is 2.61. The van der Waals surface area contributed by atoms with Crippen LogP contribution in [0.4, 0.5) is 5.69 Å². The van der Waals surface area contributed by atoms with Crippen molar-refractivity contribution < 1.29 is 9.53 Å². The molecule has 0 bridgehead atoms. The smallest absolute Gasteiger partial charge is 0.234 e. The molecule has 0 saturated carbocycles. The average Bonchev–Trinajstić information content (AvgIpc) is 2.70. The Morgan fingerprint density at radius 3 is 2.30 bits per heavy atom. The minimum Gasteiger partial charge on any atom is -0.494 e. The number of nitrogens with zero attached hydrogens (tertiary/aromatic N) is 1. The van der Waals surface area contributed by atoms with Gasteiger partial charge in [0.25, 0.3) is 0 Å². The van der Waals surface area contributed by atoms with Crippen LogP contribution in [0.5, 0.6) is 5.75 Å². The van der Waals surface area contributed by atoms with E-state index in [2.05, 4.69) is 10.3 Å². The number of benzene rings is 2. The molecule has 0 aliphatic carbocycles. The monoisotopic (exact) mass is 378 g/mol. The predicted molar refractivity (Wildman–Crippen MR) is 110 cm³/mol. The third-order valence-corrected chi connectivity index (χ3v) is 4.91. The van der Waals surface area contributed by atoms with Gasteiger partial charge in [-0.3, -0.25) is 9.78 Å². The fourth-order valence-corrected chi connectivity index (χ4v) is 3.29. The number of carbonyl (C=O) groups excluding carboxylic acids is 1. The van der Waals surface area contributed by atoms with Gasteiger partial charge in [0.1, 0.15) is 5.75 Å². The van der Waals surface area contributed by atoms with Crippen LogP contribution in [0.1, 0.15) is 18.1 Å². The lowest BCUT2D eigenvalue weighted by molar-refractivity contribution is -0.113. The summed E-state index contributed by atoms with van der Waals surface area (Å²) in [5.41, 5.74) is 3.22. The van der Waals surface area contributed by atoms with E-state index in [1.54, 1.807) is 12.4 Å². The normalized spacial score (nSPS) is 10.4. The van der Waals surface area contributed by atoms with Gasteiger partial charge in [0.15, 0.2) is 0 Å². The second-order valence-electron chi connectivity index (χ2n) is 5.97. The first kappa shape index (κ1) is 19.0. The van der Waals surface area contributed by atoms with E-state index in [0.29, 0.717) is 12.4 Å². The number of ether oxygens (including phenoxy) is 1. The molecule has 5 heteroatoms. The maximum Gasteiger partial charge on any atom is 0.234 e. The van der Waals surface area contributed by atoms with Gasteiger partial charge < -0.3 is 10.1 Å². The Labute approximate surface area is 164 Å². The lowest BCUT2D eigenvalue weighted by atomic mass is 10.1. The number of anilines is 1. The number of hydrogen-bond donors (Lipinski definition) is 1. The molecular formula is C22H22N2O2S. The van der Waals surface area contributed by atoms with Gasteiger partial charge >= 0.3 is 0 Å². The second-order valence-corrected chi connectivity index (χ2v) is 7.02. The van der Waals surface area contributed by atoms with E-state index < -0.39 is 0 Å². The van der Waals surface area contributed by atoms with Crippen molar-refractivity contribution in [3.63, 3.8) is 0 Å². The van der Waals surface area contributed by atoms with Crippen LogP contribution in [0.25, 0.3) is 0 Å². The predicted octanol–water partition coefficient (Wildman–Crippen LogP) is 4.80. The molecule has 0 radical (unpaired) electrons. The Bertz CT molecular complexity index is 850. The van der Waals surface area contributed by atoms with Crippen molar-refractivity contribution in [1.29, 1.82) is 0 Å². The van der Waals surface area contributed by atoms with Crippen molar-refractivity contribution in [3.8, 4) is 5.75 Å². The summed E-state index contributed by atoms with van der Waals surface area (Å²) in [5.74, 6) is 1.20. The van der Waals surface area contributed by atoms with E-state index in [9.17, 15) is 4.79 Å². The van der Waals surface area contributed by atoms with Crippen LogP contribution in [0, 0.1) is 0 Å². The second kappa shape index (κ2) is 9.78. The fourth-order valence-electron chi connectivity index (χ4n) is 2.59. The molecule has 27 heavy (non-hydrogen) atoms. The first-order valence-electron chi connectivity index (χ1n) is 8.86.